The summed E-state index contributed by atoms with van der Waals surface area (Å²) in [5.41, 5.74) is 7.30. The van der Waals surface area contributed by atoms with Crippen molar-refractivity contribution in [3.63, 3.8) is 0 Å². The summed E-state index contributed by atoms with van der Waals surface area (Å²) in [6.07, 6.45) is 7.24. The van der Waals surface area contributed by atoms with Crippen molar-refractivity contribution >= 4 is 5.91 Å². The van der Waals surface area contributed by atoms with E-state index in [-0.39, 0.29) is 11.8 Å². The van der Waals surface area contributed by atoms with Crippen molar-refractivity contribution < 1.29 is 9.53 Å². The number of hydrogen-bond acceptors (Lipinski definition) is 4. The summed E-state index contributed by atoms with van der Waals surface area (Å²) >= 11 is 0. The highest BCUT2D eigenvalue weighted by atomic mass is 16.5. The van der Waals surface area contributed by atoms with Crippen LogP contribution in [0.1, 0.15) is 37.7 Å². The zero-order chi connectivity index (χ0) is 18.6. The van der Waals surface area contributed by atoms with E-state index in [0.29, 0.717) is 30.3 Å². The summed E-state index contributed by atoms with van der Waals surface area (Å²) < 4.78 is 5.70. The zero-order valence-corrected chi connectivity index (χ0v) is 15.5. The molecule has 142 valence electrons. The molecule has 2 atom stereocenters. The van der Waals surface area contributed by atoms with Gasteiger partial charge in [-0.25, -0.2) is 4.98 Å². The van der Waals surface area contributed by atoms with E-state index in [4.69, 9.17) is 10.5 Å². The Morgan fingerprint density at radius 2 is 1.85 bits per heavy atom. The van der Waals surface area contributed by atoms with Gasteiger partial charge < -0.3 is 15.8 Å². The topological polar surface area (TPSA) is 77.2 Å². The normalized spacial score (nSPS) is 27.0. The van der Waals surface area contributed by atoms with Crippen LogP contribution in [0.25, 0.3) is 0 Å². The Balaban J connectivity index is 1.29. The summed E-state index contributed by atoms with van der Waals surface area (Å²) in [7, 11) is 0. The van der Waals surface area contributed by atoms with Gasteiger partial charge in [-0.3, -0.25) is 4.79 Å². The van der Waals surface area contributed by atoms with Gasteiger partial charge in [0.1, 0.15) is 5.75 Å². The minimum atomic E-state index is 0.105. The van der Waals surface area contributed by atoms with Crippen LogP contribution in [0.3, 0.4) is 0 Å². The van der Waals surface area contributed by atoms with Crippen molar-refractivity contribution in [3.05, 3.63) is 54.2 Å². The fourth-order valence-electron chi connectivity index (χ4n) is 4.52. The highest BCUT2D eigenvalue weighted by molar-refractivity contribution is 5.78. The van der Waals surface area contributed by atoms with E-state index in [1.54, 1.807) is 6.20 Å². The Labute approximate surface area is 160 Å². The van der Waals surface area contributed by atoms with Crippen LogP contribution in [0.15, 0.2) is 48.7 Å². The van der Waals surface area contributed by atoms with Crippen molar-refractivity contribution in [2.24, 2.45) is 23.5 Å². The Morgan fingerprint density at radius 1 is 1.11 bits per heavy atom. The number of rotatable bonds is 5. The predicted octanol–water partition coefficient (Wildman–Crippen LogP) is 3.64. The highest BCUT2D eigenvalue weighted by Crippen LogP contribution is 2.41. The average Bonchev–Trinajstić information content (AvgIpc) is 2.68. The maximum atomic E-state index is 12.6. The van der Waals surface area contributed by atoms with Gasteiger partial charge in [-0.05, 0) is 55.2 Å². The van der Waals surface area contributed by atoms with Crippen LogP contribution in [-0.4, -0.2) is 16.9 Å². The number of para-hydroxylation sites is 1. The molecule has 1 amide bonds. The Hall–Kier alpha value is -2.40. The number of hydrogen-bond donors (Lipinski definition) is 2. The Kier molecular flexibility index (Phi) is 5.39. The lowest BCUT2D eigenvalue weighted by Gasteiger charge is -2.43. The van der Waals surface area contributed by atoms with Crippen LogP contribution in [0, 0.1) is 17.8 Å². The number of fused-ring (bicyclic) bond motifs is 2. The molecule has 2 aromatic rings. The van der Waals surface area contributed by atoms with Crippen LogP contribution in [0.2, 0.25) is 0 Å². The molecule has 2 unspecified atom stereocenters. The van der Waals surface area contributed by atoms with Gasteiger partial charge in [0.05, 0.1) is 0 Å². The molecule has 4 rings (SSSR count). The molecule has 27 heavy (non-hydrogen) atoms. The maximum Gasteiger partial charge on any atom is 0.223 e. The largest absolute Gasteiger partial charge is 0.439 e. The first-order valence-corrected chi connectivity index (χ1v) is 9.90. The van der Waals surface area contributed by atoms with Gasteiger partial charge in [0.2, 0.25) is 11.8 Å². The molecular weight excluding hydrogens is 338 g/mol. The number of ether oxygens (including phenoxy) is 1. The van der Waals surface area contributed by atoms with Crippen molar-refractivity contribution in [2.75, 3.05) is 0 Å². The minimum Gasteiger partial charge on any atom is -0.439 e. The third-order valence-electron chi connectivity index (χ3n) is 6.01. The molecule has 2 aliphatic carbocycles. The van der Waals surface area contributed by atoms with Gasteiger partial charge in [0.15, 0.2) is 0 Å². The number of nitrogens with zero attached hydrogens (tertiary/aromatic N) is 1. The molecule has 0 spiro atoms. The van der Waals surface area contributed by atoms with Crippen LogP contribution < -0.4 is 15.8 Å². The van der Waals surface area contributed by atoms with Gasteiger partial charge in [-0.1, -0.05) is 30.7 Å². The number of pyridine rings is 1. The molecule has 1 heterocycles. The number of benzene rings is 1. The third-order valence-corrected chi connectivity index (χ3v) is 6.01. The number of nitrogens with one attached hydrogen (secondary N) is 1. The molecule has 2 bridgehead atoms. The van der Waals surface area contributed by atoms with Gasteiger partial charge in [-0.15, -0.1) is 0 Å². The monoisotopic (exact) mass is 365 g/mol. The second-order valence-corrected chi connectivity index (χ2v) is 7.83. The molecule has 2 saturated carbocycles. The van der Waals surface area contributed by atoms with Crippen molar-refractivity contribution in [1.29, 1.82) is 0 Å². The lowest BCUT2D eigenvalue weighted by Crippen LogP contribution is -2.49. The molecule has 0 radical (unpaired) electrons. The second kappa shape index (κ2) is 8.09. The number of carbonyl (C=O) groups is 1. The first kappa shape index (κ1) is 18.0. The van der Waals surface area contributed by atoms with Gasteiger partial charge in [-0.2, -0.15) is 0 Å². The SMILES string of the molecule is NC1C2CCCC1CC(C(=O)NCc1ccc(Oc3ccccc3)nc1)C2. The summed E-state index contributed by atoms with van der Waals surface area (Å²) in [5, 5.41) is 3.08. The Morgan fingerprint density at radius 3 is 2.52 bits per heavy atom. The molecule has 2 fully saturated rings. The number of carbonyl (C=O) groups excluding carboxylic acids is 1. The first-order valence-electron chi connectivity index (χ1n) is 9.90. The fraction of sp³-hybridized carbons (Fsp3) is 0.455. The number of aromatic nitrogens is 1. The third kappa shape index (κ3) is 4.30. The maximum absolute atomic E-state index is 12.6. The van der Waals surface area contributed by atoms with Crippen LogP contribution in [0.5, 0.6) is 11.6 Å². The van der Waals surface area contributed by atoms with Gasteiger partial charge in [0, 0.05) is 30.8 Å². The van der Waals surface area contributed by atoms with Crippen LogP contribution in [0.4, 0.5) is 0 Å². The number of nitrogens with two attached hydrogens (primary N) is 1. The molecule has 2 aliphatic rings. The average molecular weight is 365 g/mol. The fourth-order valence-corrected chi connectivity index (χ4v) is 4.52. The standard InChI is InChI=1S/C22H27N3O2/c23-21-16-5-4-6-17(21)12-18(11-16)22(26)25-14-15-9-10-20(24-13-15)27-19-7-2-1-3-8-19/h1-3,7-10,13,16-18,21H,4-6,11-12,14,23H2,(H,25,26). The summed E-state index contributed by atoms with van der Waals surface area (Å²) in [6.45, 7) is 0.495. The van der Waals surface area contributed by atoms with E-state index in [0.717, 1.165) is 24.2 Å². The van der Waals surface area contributed by atoms with Crippen molar-refractivity contribution in [3.8, 4) is 11.6 Å². The van der Waals surface area contributed by atoms with Crippen LogP contribution >= 0.6 is 0 Å². The van der Waals surface area contributed by atoms with E-state index < -0.39 is 0 Å². The van der Waals surface area contributed by atoms with E-state index in [9.17, 15) is 4.79 Å². The zero-order valence-electron chi connectivity index (χ0n) is 15.5. The molecule has 1 aromatic heterocycles. The predicted molar refractivity (Wildman–Crippen MR) is 104 cm³/mol. The lowest BCUT2D eigenvalue weighted by atomic mass is 9.65. The molecule has 0 saturated heterocycles. The molecule has 0 aliphatic heterocycles. The molecule has 5 nitrogen and oxygen atoms in total. The first-order chi connectivity index (χ1) is 13.2. The lowest BCUT2D eigenvalue weighted by molar-refractivity contribution is -0.128. The minimum absolute atomic E-state index is 0.105. The molecule has 3 N–H and O–H groups in total. The van der Waals surface area contributed by atoms with Crippen LogP contribution in [-0.2, 0) is 11.3 Å². The Bertz CT molecular complexity index is 749. The molecule has 5 heteroatoms. The summed E-state index contributed by atoms with van der Waals surface area (Å²) in [6, 6.07) is 13.6. The van der Waals surface area contributed by atoms with E-state index in [1.165, 1.54) is 19.3 Å². The molecule has 1 aromatic carbocycles. The van der Waals surface area contributed by atoms with E-state index in [1.807, 2.05) is 42.5 Å². The highest BCUT2D eigenvalue weighted by Gasteiger charge is 2.40. The van der Waals surface area contributed by atoms with Gasteiger partial charge in [0.25, 0.3) is 0 Å². The smallest absolute Gasteiger partial charge is 0.223 e. The molecular formula is C22H27N3O2. The summed E-state index contributed by atoms with van der Waals surface area (Å²) in [5.74, 6) is 2.60. The quantitative estimate of drug-likeness (QED) is 0.848. The van der Waals surface area contributed by atoms with E-state index in [2.05, 4.69) is 10.3 Å². The number of amides is 1. The van der Waals surface area contributed by atoms with Crippen molar-refractivity contribution in [2.45, 2.75) is 44.7 Å². The van der Waals surface area contributed by atoms with Crippen molar-refractivity contribution in [1.82, 2.24) is 10.3 Å². The van der Waals surface area contributed by atoms with Gasteiger partial charge >= 0.3 is 0 Å². The van der Waals surface area contributed by atoms with E-state index >= 15 is 0 Å². The second-order valence-electron chi connectivity index (χ2n) is 7.83. The summed E-state index contributed by atoms with van der Waals surface area (Å²) in [4.78, 5) is 17.0.